The van der Waals surface area contributed by atoms with E-state index in [9.17, 15) is 14.4 Å². The molecule has 0 radical (unpaired) electrons. The number of hydrogen-bond acceptors (Lipinski definition) is 6. The lowest BCUT2D eigenvalue weighted by molar-refractivity contribution is -0.147. The third-order valence-corrected chi connectivity index (χ3v) is 6.31. The maximum absolute atomic E-state index is 13.5. The lowest BCUT2D eigenvalue weighted by atomic mass is 10.1. The summed E-state index contributed by atoms with van der Waals surface area (Å²) < 4.78 is 7.38. The predicted octanol–water partition coefficient (Wildman–Crippen LogP) is 3.08. The van der Waals surface area contributed by atoms with Crippen LogP contribution in [0.4, 0.5) is 11.6 Å². The molecule has 8 nitrogen and oxygen atoms in total. The first-order valence-electron chi connectivity index (χ1n) is 10.9. The Labute approximate surface area is 191 Å². The van der Waals surface area contributed by atoms with Gasteiger partial charge in [-0.15, -0.1) is 0 Å². The van der Waals surface area contributed by atoms with Gasteiger partial charge in [-0.1, -0.05) is 35.9 Å². The highest BCUT2D eigenvalue weighted by Gasteiger charge is 2.52. The van der Waals surface area contributed by atoms with E-state index in [4.69, 9.17) is 4.74 Å². The fourth-order valence-electron chi connectivity index (χ4n) is 3.82. The van der Waals surface area contributed by atoms with Crippen LogP contribution in [0.2, 0.25) is 0 Å². The molecule has 1 aliphatic rings. The third-order valence-electron chi connectivity index (χ3n) is 6.31. The van der Waals surface area contributed by atoms with E-state index in [0.29, 0.717) is 12.8 Å². The average Bonchev–Trinajstić information content (AvgIpc) is 3.58. The maximum Gasteiger partial charge on any atom is 0.354 e. The summed E-state index contributed by atoms with van der Waals surface area (Å²) in [6.45, 7) is 6.19. The Morgan fingerprint density at radius 1 is 1.03 bits per heavy atom. The fraction of sp³-hybridized carbons (Fsp3) is 0.360. The van der Waals surface area contributed by atoms with Gasteiger partial charge in [0, 0.05) is 12.2 Å². The predicted molar refractivity (Wildman–Crippen MR) is 126 cm³/mol. The number of hydrogen-bond donors (Lipinski definition) is 1. The van der Waals surface area contributed by atoms with Gasteiger partial charge in [0.2, 0.25) is 5.95 Å². The Balaban J connectivity index is 1.78. The standard InChI is InChI=1S/C25H28N4O4/c1-16-5-8-19(9-6-16)14-28-22(26-20-10-7-17(2)18(3)13-20)27-23(31)29(24(28)32)15-25(11-12-25)21(30)33-4/h5-10,13H,11-12,14-15H2,1-4H3,(H,26,27,31). The van der Waals surface area contributed by atoms with E-state index < -0.39 is 22.8 Å². The smallest absolute Gasteiger partial charge is 0.354 e. The minimum Gasteiger partial charge on any atom is -0.469 e. The second-order valence-electron chi connectivity index (χ2n) is 8.85. The van der Waals surface area contributed by atoms with Crippen molar-refractivity contribution in [3.63, 3.8) is 0 Å². The number of esters is 1. The van der Waals surface area contributed by atoms with E-state index in [2.05, 4.69) is 10.3 Å². The molecule has 0 aliphatic heterocycles. The van der Waals surface area contributed by atoms with E-state index in [-0.39, 0.29) is 19.0 Å². The summed E-state index contributed by atoms with van der Waals surface area (Å²) in [6, 6.07) is 13.6. The van der Waals surface area contributed by atoms with E-state index >= 15 is 0 Å². The lowest BCUT2D eigenvalue weighted by Crippen LogP contribution is -2.45. The van der Waals surface area contributed by atoms with Crippen molar-refractivity contribution in [2.45, 2.75) is 46.7 Å². The molecule has 1 N–H and O–H groups in total. The van der Waals surface area contributed by atoms with E-state index in [0.717, 1.165) is 32.5 Å². The van der Waals surface area contributed by atoms with Crippen molar-refractivity contribution in [1.82, 2.24) is 14.1 Å². The summed E-state index contributed by atoms with van der Waals surface area (Å²) in [4.78, 5) is 42.8. The summed E-state index contributed by atoms with van der Waals surface area (Å²) >= 11 is 0. The van der Waals surface area contributed by atoms with Gasteiger partial charge >= 0.3 is 17.3 Å². The monoisotopic (exact) mass is 448 g/mol. The number of methoxy groups -OCH3 is 1. The second kappa shape index (κ2) is 8.69. The third kappa shape index (κ3) is 4.60. The molecule has 0 amide bonds. The average molecular weight is 449 g/mol. The molecule has 0 unspecified atom stereocenters. The van der Waals surface area contributed by atoms with Gasteiger partial charge in [0.25, 0.3) is 0 Å². The number of nitrogens with one attached hydrogen (secondary N) is 1. The van der Waals surface area contributed by atoms with Gasteiger partial charge in [0.15, 0.2) is 0 Å². The molecule has 1 aromatic heterocycles. The number of rotatable bonds is 7. The van der Waals surface area contributed by atoms with Gasteiger partial charge in [-0.2, -0.15) is 4.98 Å². The molecule has 0 atom stereocenters. The minimum atomic E-state index is -0.829. The highest BCUT2D eigenvalue weighted by molar-refractivity contribution is 5.79. The molecule has 1 saturated carbocycles. The van der Waals surface area contributed by atoms with Crippen LogP contribution in [0.5, 0.6) is 0 Å². The van der Waals surface area contributed by atoms with E-state index in [1.165, 1.54) is 11.7 Å². The Morgan fingerprint density at radius 2 is 1.73 bits per heavy atom. The first-order chi connectivity index (χ1) is 15.7. The highest BCUT2D eigenvalue weighted by Crippen LogP contribution is 2.47. The number of carbonyl (C=O) groups is 1. The van der Waals surface area contributed by atoms with Crippen LogP contribution < -0.4 is 16.7 Å². The van der Waals surface area contributed by atoms with Crippen LogP contribution in [0.1, 0.15) is 35.1 Å². The van der Waals surface area contributed by atoms with Crippen molar-refractivity contribution in [3.8, 4) is 0 Å². The summed E-state index contributed by atoms with van der Waals surface area (Å²) in [5.74, 6) is -0.246. The summed E-state index contributed by atoms with van der Waals surface area (Å²) in [7, 11) is 1.32. The van der Waals surface area contributed by atoms with Crippen LogP contribution in [-0.4, -0.2) is 27.2 Å². The molecular weight excluding hydrogens is 420 g/mol. The number of ether oxygens (including phenoxy) is 1. The van der Waals surface area contributed by atoms with Gasteiger partial charge in [0.05, 0.1) is 19.1 Å². The molecule has 4 rings (SSSR count). The molecular formula is C25H28N4O4. The minimum absolute atomic E-state index is 0.0395. The Kier molecular flexibility index (Phi) is 5.93. The van der Waals surface area contributed by atoms with Crippen LogP contribution in [0.3, 0.4) is 0 Å². The van der Waals surface area contributed by atoms with Crippen LogP contribution in [-0.2, 0) is 22.6 Å². The van der Waals surface area contributed by atoms with Crippen molar-refractivity contribution >= 4 is 17.6 Å². The highest BCUT2D eigenvalue weighted by atomic mass is 16.5. The number of nitrogens with zero attached hydrogens (tertiary/aromatic N) is 3. The van der Waals surface area contributed by atoms with E-state index in [1.807, 2.05) is 63.2 Å². The molecule has 172 valence electrons. The number of aromatic nitrogens is 3. The molecule has 8 heteroatoms. The molecule has 33 heavy (non-hydrogen) atoms. The van der Waals surface area contributed by atoms with Crippen molar-refractivity contribution in [1.29, 1.82) is 0 Å². The van der Waals surface area contributed by atoms with Crippen molar-refractivity contribution < 1.29 is 9.53 Å². The first-order valence-corrected chi connectivity index (χ1v) is 10.9. The van der Waals surface area contributed by atoms with Crippen LogP contribution >= 0.6 is 0 Å². The molecule has 0 bridgehead atoms. The summed E-state index contributed by atoms with van der Waals surface area (Å²) in [5, 5.41) is 3.14. The van der Waals surface area contributed by atoms with Crippen molar-refractivity contribution in [3.05, 3.63) is 85.7 Å². The number of benzene rings is 2. The second-order valence-corrected chi connectivity index (χ2v) is 8.85. The fourth-order valence-corrected chi connectivity index (χ4v) is 3.82. The van der Waals surface area contributed by atoms with Gasteiger partial charge < -0.3 is 10.1 Å². The number of carbonyl (C=O) groups excluding carboxylic acids is 1. The Hall–Kier alpha value is -3.68. The normalized spacial score (nSPS) is 14.1. The zero-order valence-electron chi connectivity index (χ0n) is 19.3. The van der Waals surface area contributed by atoms with Gasteiger partial charge in [-0.3, -0.25) is 9.36 Å². The molecule has 0 saturated heterocycles. The van der Waals surface area contributed by atoms with Crippen molar-refractivity contribution in [2.75, 3.05) is 12.4 Å². The number of aryl methyl sites for hydroxylation is 3. The van der Waals surface area contributed by atoms with Crippen molar-refractivity contribution in [2.24, 2.45) is 5.41 Å². The summed E-state index contributed by atoms with van der Waals surface area (Å²) in [6.07, 6.45) is 1.15. The van der Waals surface area contributed by atoms with E-state index in [1.54, 1.807) is 0 Å². The number of anilines is 2. The SMILES string of the molecule is COC(=O)C1(Cn2c(=O)nc(Nc3ccc(C)c(C)c3)n(Cc3ccc(C)cc3)c2=O)CC1. The Bertz CT molecular complexity index is 1320. The van der Waals surface area contributed by atoms with Gasteiger partial charge in [0.1, 0.15) is 0 Å². The summed E-state index contributed by atoms with van der Waals surface area (Å²) in [5.41, 5.74) is 2.91. The topological polar surface area (TPSA) is 95.2 Å². The first kappa shape index (κ1) is 22.5. The molecule has 0 spiro atoms. The zero-order valence-corrected chi connectivity index (χ0v) is 19.3. The molecule has 3 aromatic rings. The van der Waals surface area contributed by atoms with Gasteiger partial charge in [-0.05, 0) is 62.4 Å². The zero-order chi connectivity index (χ0) is 23.8. The molecule has 1 aliphatic carbocycles. The maximum atomic E-state index is 13.5. The quantitative estimate of drug-likeness (QED) is 0.558. The Morgan fingerprint density at radius 3 is 2.33 bits per heavy atom. The largest absolute Gasteiger partial charge is 0.469 e. The molecule has 1 heterocycles. The molecule has 1 fully saturated rings. The van der Waals surface area contributed by atoms with Crippen LogP contribution in [0.25, 0.3) is 0 Å². The lowest BCUT2D eigenvalue weighted by Gasteiger charge is -2.18. The van der Waals surface area contributed by atoms with Crippen LogP contribution in [0.15, 0.2) is 52.1 Å². The van der Waals surface area contributed by atoms with Gasteiger partial charge in [-0.25, -0.2) is 14.2 Å². The van der Waals surface area contributed by atoms with Crippen LogP contribution in [0, 0.1) is 26.2 Å². The molecule has 2 aromatic carbocycles.